The van der Waals surface area contributed by atoms with Crippen LogP contribution in [0.5, 0.6) is 0 Å². The molecule has 0 aliphatic rings. The van der Waals surface area contributed by atoms with Gasteiger partial charge in [-0.15, -0.1) is 0 Å². The van der Waals surface area contributed by atoms with Crippen molar-refractivity contribution < 1.29 is 15.0 Å². The molecule has 1 aromatic heterocycles. The Bertz CT molecular complexity index is 586. The molecule has 2 N–H and O–H groups in total. The zero-order valence-corrected chi connectivity index (χ0v) is 12.5. The summed E-state index contributed by atoms with van der Waals surface area (Å²) in [5.74, 6) is 0.486. The summed E-state index contributed by atoms with van der Waals surface area (Å²) in [5, 5.41) is 24.3. The molecule has 0 aliphatic heterocycles. The molecule has 0 saturated heterocycles. The number of aromatic nitrogens is 2. The summed E-state index contributed by atoms with van der Waals surface area (Å²) in [4.78, 5) is 10.8. The van der Waals surface area contributed by atoms with Crippen LogP contribution in [0.15, 0.2) is 42.7 Å². The normalized spacial score (nSPS) is 13.9. The average molecular weight is 306 g/mol. The van der Waals surface area contributed by atoms with Crippen molar-refractivity contribution in [2.24, 2.45) is 0 Å². The summed E-state index contributed by atoms with van der Waals surface area (Å²) in [6, 6.07) is 9.53. The van der Waals surface area contributed by atoms with E-state index in [1.165, 1.54) is 6.92 Å². The van der Waals surface area contributed by atoms with Gasteiger partial charge in [-0.2, -0.15) is 5.10 Å². The summed E-state index contributed by atoms with van der Waals surface area (Å²) >= 11 is 1.14. The Balaban J connectivity index is 1.98. The van der Waals surface area contributed by atoms with Gasteiger partial charge in [-0.1, -0.05) is 30.0 Å². The molecule has 0 saturated carbocycles. The van der Waals surface area contributed by atoms with Crippen LogP contribution < -0.4 is 0 Å². The minimum Gasteiger partial charge on any atom is -0.390 e. The highest BCUT2D eigenvalue weighted by Crippen LogP contribution is 2.21. The lowest BCUT2D eigenvalue weighted by molar-refractivity contribution is -0.109. The third-order valence-electron chi connectivity index (χ3n) is 3.05. The molecule has 0 aliphatic carbocycles. The topological polar surface area (TPSA) is 75.3 Å². The number of aliphatic hydroxyl groups excluding tert-OH is 2. The number of rotatable bonds is 6. The molecule has 2 aromatic rings. The van der Waals surface area contributed by atoms with Gasteiger partial charge in [0.05, 0.1) is 18.0 Å². The minimum atomic E-state index is -1.00. The smallest absolute Gasteiger partial charge is 0.185 e. The first-order valence-corrected chi connectivity index (χ1v) is 7.66. The first kappa shape index (κ1) is 15.8. The number of carbonyl (C=O) groups is 1. The van der Waals surface area contributed by atoms with Crippen LogP contribution in [0.4, 0.5) is 0 Å². The van der Waals surface area contributed by atoms with Gasteiger partial charge in [-0.3, -0.25) is 4.79 Å². The van der Waals surface area contributed by atoms with Gasteiger partial charge in [0.1, 0.15) is 6.10 Å². The highest BCUT2D eigenvalue weighted by atomic mass is 32.2. The standard InChI is InChI=1S/C15H18N2O3S/c1-11(18)21-8-7-14(19)15(20)12-9-16-17(10-12)13-5-3-2-4-6-13/h2-6,9-10,14-15,19-20H,7-8H2,1H3. The lowest BCUT2D eigenvalue weighted by atomic mass is 10.1. The second-order valence-corrected chi connectivity index (χ2v) is 5.97. The van der Waals surface area contributed by atoms with Crippen LogP contribution >= 0.6 is 11.8 Å². The fraction of sp³-hybridized carbons (Fsp3) is 0.333. The van der Waals surface area contributed by atoms with Crippen LogP contribution in [0, 0.1) is 0 Å². The van der Waals surface area contributed by atoms with Gasteiger partial charge in [0.25, 0.3) is 0 Å². The maximum atomic E-state index is 10.8. The molecular formula is C15H18N2O3S. The van der Waals surface area contributed by atoms with Gasteiger partial charge in [-0.25, -0.2) is 4.68 Å². The van der Waals surface area contributed by atoms with Gasteiger partial charge in [-0.05, 0) is 18.6 Å². The van der Waals surface area contributed by atoms with Crippen LogP contribution in [-0.4, -0.2) is 37.0 Å². The molecule has 6 heteroatoms. The fourth-order valence-electron chi connectivity index (χ4n) is 1.91. The van der Waals surface area contributed by atoms with Gasteiger partial charge in [0.2, 0.25) is 0 Å². The Morgan fingerprint density at radius 2 is 2.05 bits per heavy atom. The first-order chi connectivity index (χ1) is 10.1. The second kappa shape index (κ2) is 7.40. The summed E-state index contributed by atoms with van der Waals surface area (Å²) in [7, 11) is 0. The number of para-hydroxylation sites is 1. The van der Waals surface area contributed by atoms with Crippen molar-refractivity contribution in [1.82, 2.24) is 9.78 Å². The molecule has 2 atom stereocenters. The largest absolute Gasteiger partial charge is 0.390 e. The number of hydrogen-bond acceptors (Lipinski definition) is 5. The predicted molar refractivity (Wildman–Crippen MR) is 82.3 cm³/mol. The SMILES string of the molecule is CC(=O)SCCC(O)C(O)c1cnn(-c2ccccc2)c1. The number of aliphatic hydroxyl groups is 2. The van der Waals surface area contributed by atoms with E-state index in [1.807, 2.05) is 30.3 Å². The van der Waals surface area contributed by atoms with Gasteiger partial charge in [0, 0.05) is 24.4 Å². The van der Waals surface area contributed by atoms with E-state index in [-0.39, 0.29) is 5.12 Å². The van der Waals surface area contributed by atoms with Crippen LogP contribution in [0.3, 0.4) is 0 Å². The van der Waals surface area contributed by atoms with E-state index in [0.717, 1.165) is 17.4 Å². The molecule has 2 unspecified atom stereocenters. The van der Waals surface area contributed by atoms with Crippen molar-refractivity contribution in [3.63, 3.8) is 0 Å². The molecular weight excluding hydrogens is 288 g/mol. The molecule has 1 aromatic carbocycles. The summed E-state index contributed by atoms with van der Waals surface area (Å²) in [6.45, 7) is 1.48. The van der Waals surface area contributed by atoms with Crippen molar-refractivity contribution >= 4 is 16.9 Å². The zero-order valence-electron chi connectivity index (χ0n) is 11.7. The highest BCUT2D eigenvalue weighted by Gasteiger charge is 2.20. The molecule has 5 nitrogen and oxygen atoms in total. The molecule has 112 valence electrons. The number of carbonyl (C=O) groups excluding carboxylic acids is 1. The quantitative estimate of drug-likeness (QED) is 0.853. The minimum absolute atomic E-state index is 0.00795. The van der Waals surface area contributed by atoms with Crippen molar-refractivity contribution in [1.29, 1.82) is 0 Å². The molecule has 0 bridgehead atoms. The average Bonchev–Trinajstić information content (AvgIpc) is 2.96. The molecule has 0 fully saturated rings. The van der Waals surface area contributed by atoms with E-state index in [0.29, 0.717) is 17.7 Å². The van der Waals surface area contributed by atoms with Crippen molar-refractivity contribution in [2.75, 3.05) is 5.75 Å². The van der Waals surface area contributed by atoms with Crippen LogP contribution in [-0.2, 0) is 4.79 Å². The summed E-state index contributed by atoms with van der Waals surface area (Å²) < 4.78 is 1.65. The van der Waals surface area contributed by atoms with Crippen LogP contribution in [0.25, 0.3) is 5.69 Å². The first-order valence-electron chi connectivity index (χ1n) is 6.67. The van der Waals surface area contributed by atoms with E-state index in [9.17, 15) is 15.0 Å². The van der Waals surface area contributed by atoms with E-state index in [2.05, 4.69) is 5.10 Å². The van der Waals surface area contributed by atoms with Crippen LogP contribution in [0.1, 0.15) is 25.0 Å². The highest BCUT2D eigenvalue weighted by molar-refractivity contribution is 8.13. The number of thioether (sulfide) groups is 1. The number of benzene rings is 1. The third kappa shape index (κ3) is 4.42. The van der Waals surface area contributed by atoms with E-state index in [4.69, 9.17) is 0 Å². The van der Waals surface area contributed by atoms with Gasteiger partial charge >= 0.3 is 0 Å². The maximum Gasteiger partial charge on any atom is 0.185 e. The van der Waals surface area contributed by atoms with Crippen molar-refractivity contribution in [3.8, 4) is 5.69 Å². The molecule has 0 radical (unpaired) electrons. The monoisotopic (exact) mass is 306 g/mol. The van der Waals surface area contributed by atoms with E-state index >= 15 is 0 Å². The lowest BCUT2D eigenvalue weighted by Gasteiger charge is -2.15. The van der Waals surface area contributed by atoms with Crippen molar-refractivity contribution in [2.45, 2.75) is 25.6 Å². The van der Waals surface area contributed by atoms with Crippen molar-refractivity contribution in [3.05, 3.63) is 48.3 Å². The summed E-state index contributed by atoms with van der Waals surface area (Å²) in [6.07, 6.45) is 1.67. The van der Waals surface area contributed by atoms with E-state index in [1.54, 1.807) is 17.1 Å². The zero-order chi connectivity index (χ0) is 15.2. The number of nitrogens with zero attached hydrogens (tertiary/aromatic N) is 2. The maximum absolute atomic E-state index is 10.8. The number of hydrogen-bond donors (Lipinski definition) is 2. The lowest BCUT2D eigenvalue weighted by Crippen LogP contribution is -2.18. The van der Waals surface area contributed by atoms with Crippen LogP contribution in [0.2, 0.25) is 0 Å². The van der Waals surface area contributed by atoms with Gasteiger partial charge in [0.15, 0.2) is 5.12 Å². The second-order valence-electron chi connectivity index (χ2n) is 4.69. The van der Waals surface area contributed by atoms with Gasteiger partial charge < -0.3 is 10.2 Å². The Kier molecular flexibility index (Phi) is 5.55. The Hall–Kier alpha value is -1.63. The fourth-order valence-corrected chi connectivity index (χ4v) is 2.56. The molecule has 21 heavy (non-hydrogen) atoms. The Morgan fingerprint density at radius 3 is 2.71 bits per heavy atom. The Morgan fingerprint density at radius 1 is 1.33 bits per heavy atom. The third-order valence-corrected chi connectivity index (χ3v) is 3.89. The molecule has 0 spiro atoms. The Labute approximate surface area is 127 Å². The molecule has 0 amide bonds. The molecule has 2 rings (SSSR count). The predicted octanol–water partition coefficient (Wildman–Crippen LogP) is 1.94. The summed E-state index contributed by atoms with van der Waals surface area (Å²) in [5.41, 5.74) is 1.44. The van der Waals surface area contributed by atoms with E-state index < -0.39 is 12.2 Å². The molecule has 1 heterocycles.